The molecule has 0 aliphatic carbocycles. The van der Waals surface area contributed by atoms with Crippen LogP contribution in [0.15, 0.2) is 22.7 Å². The molecule has 1 N–H and O–H groups in total. The van der Waals surface area contributed by atoms with Gasteiger partial charge in [-0.25, -0.2) is 4.39 Å². The number of ether oxygens (including phenoxy) is 1. The second-order valence-electron chi connectivity index (χ2n) is 4.79. The molecule has 0 spiro atoms. The van der Waals surface area contributed by atoms with E-state index in [1.54, 1.807) is 12.1 Å². The molecule has 0 saturated carbocycles. The number of hydrogen-bond acceptors (Lipinski definition) is 4. The standard InChI is InChI=1S/C15H19FN2O2/c1-9(13-6-5-12(19-4)7-15(13)16)17-8-14-10(2)18-20-11(14)3/h5-7,9,17H,8H2,1-4H3. The first-order chi connectivity index (χ1) is 9.52. The molecule has 4 nitrogen and oxygen atoms in total. The highest BCUT2D eigenvalue weighted by Crippen LogP contribution is 2.22. The predicted octanol–water partition coefficient (Wildman–Crippen LogP) is 3.29. The summed E-state index contributed by atoms with van der Waals surface area (Å²) in [5, 5.41) is 7.18. The molecule has 108 valence electrons. The number of hydrogen-bond donors (Lipinski definition) is 1. The fraction of sp³-hybridized carbons (Fsp3) is 0.400. The van der Waals surface area contributed by atoms with Crippen molar-refractivity contribution in [1.82, 2.24) is 10.5 Å². The number of halogens is 1. The Morgan fingerprint density at radius 2 is 2.15 bits per heavy atom. The topological polar surface area (TPSA) is 47.3 Å². The van der Waals surface area contributed by atoms with E-state index < -0.39 is 0 Å². The van der Waals surface area contributed by atoms with Crippen LogP contribution >= 0.6 is 0 Å². The lowest BCUT2D eigenvalue weighted by Crippen LogP contribution is -2.19. The monoisotopic (exact) mass is 278 g/mol. The van der Waals surface area contributed by atoms with Crippen LogP contribution in [0.3, 0.4) is 0 Å². The Morgan fingerprint density at radius 3 is 2.70 bits per heavy atom. The van der Waals surface area contributed by atoms with Crippen molar-refractivity contribution in [2.75, 3.05) is 7.11 Å². The van der Waals surface area contributed by atoms with Crippen molar-refractivity contribution in [3.05, 3.63) is 46.6 Å². The van der Waals surface area contributed by atoms with Crippen LogP contribution in [0.2, 0.25) is 0 Å². The third kappa shape index (κ3) is 2.99. The minimum Gasteiger partial charge on any atom is -0.497 e. The van der Waals surface area contributed by atoms with E-state index in [4.69, 9.17) is 9.26 Å². The van der Waals surface area contributed by atoms with E-state index in [1.807, 2.05) is 20.8 Å². The van der Waals surface area contributed by atoms with Gasteiger partial charge in [0.25, 0.3) is 0 Å². The lowest BCUT2D eigenvalue weighted by molar-refractivity contribution is 0.391. The number of aryl methyl sites for hydroxylation is 2. The largest absolute Gasteiger partial charge is 0.497 e. The molecule has 1 heterocycles. The second kappa shape index (κ2) is 6.05. The van der Waals surface area contributed by atoms with Crippen LogP contribution in [0.25, 0.3) is 0 Å². The zero-order chi connectivity index (χ0) is 14.7. The second-order valence-corrected chi connectivity index (χ2v) is 4.79. The maximum Gasteiger partial charge on any atom is 0.138 e. The number of methoxy groups -OCH3 is 1. The summed E-state index contributed by atoms with van der Waals surface area (Å²) < 4.78 is 24.1. The molecule has 2 aromatic rings. The minimum absolute atomic E-state index is 0.116. The van der Waals surface area contributed by atoms with E-state index in [-0.39, 0.29) is 11.9 Å². The van der Waals surface area contributed by atoms with E-state index >= 15 is 0 Å². The van der Waals surface area contributed by atoms with Crippen molar-refractivity contribution in [2.24, 2.45) is 0 Å². The first-order valence-electron chi connectivity index (χ1n) is 6.51. The van der Waals surface area contributed by atoms with E-state index in [0.717, 1.165) is 17.0 Å². The quantitative estimate of drug-likeness (QED) is 0.911. The number of aromatic nitrogens is 1. The van der Waals surface area contributed by atoms with E-state index in [2.05, 4.69) is 10.5 Å². The molecule has 1 aromatic heterocycles. The summed E-state index contributed by atoms with van der Waals surface area (Å²) in [5.41, 5.74) is 2.49. The van der Waals surface area contributed by atoms with Gasteiger partial charge in [-0.2, -0.15) is 0 Å². The Morgan fingerprint density at radius 1 is 1.40 bits per heavy atom. The van der Waals surface area contributed by atoms with Gasteiger partial charge in [0.05, 0.1) is 12.8 Å². The van der Waals surface area contributed by atoms with Crippen molar-refractivity contribution in [3.8, 4) is 5.75 Å². The average Bonchev–Trinajstić information content (AvgIpc) is 2.75. The highest BCUT2D eigenvalue weighted by Gasteiger charge is 2.14. The average molecular weight is 278 g/mol. The summed E-state index contributed by atoms with van der Waals surface area (Å²) >= 11 is 0. The molecule has 0 radical (unpaired) electrons. The maximum absolute atomic E-state index is 14.0. The van der Waals surface area contributed by atoms with Crippen LogP contribution in [0.5, 0.6) is 5.75 Å². The van der Waals surface area contributed by atoms with E-state index in [9.17, 15) is 4.39 Å². The molecule has 0 fully saturated rings. The van der Waals surface area contributed by atoms with E-state index in [0.29, 0.717) is 17.9 Å². The predicted molar refractivity (Wildman–Crippen MR) is 74.2 cm³/mol. The molecule has 0 aliphatic rings. The van der Waals surface area contributed by atoms with Crippen molar-refractivity contribution in [1.29, 1.82) is 0 Å². The molecule has 0 aliphatic heterocycles. The molecule has 1 atom stereocenters. The fourth-order valence-electron chi connectivity index (χ4n) is 2.11. The van der Waals surface area contributed by atoms with Crippen molar-refractivity contribution < 1.29 is 13.7 Å². The van der Waals surface area contributed by atoms with Crippen molar-refractivity contribution in [2.45, 2.75) is 33.4 Å². The first-order valence-corrected chi connectivity index (χ1v) is 6.51. The fourth-order valence-corrected chi connectivity index (χ4v) is 2.11. The van der Waals surface area contributed by atoms with Crippen LogP contribution < -0.4 is 10.1 Å². The van der Waals surface area contributed by atoms with Gasteiger partial charge in [-0.1, -0.05) is 11.2 Å². The van der Waals surface area contributed by atoms with Gasteiger partial charge in [0.2, 0.25) is 0 Å². The summed E-state index contributed by atoms with van der Waals surface area (Å²) in [6.45, 7) is 6.28. The zero-order valence-electron chi connectivity index (χ0n) is 12.2. The Kier molecular flexibility index (Phi) is 4.39. The summed E-state index contributed by atoms with van der Waals surface area (Å²) in [4.78, 5) is 0. The van der Waals surface area contributed by atoms with Gasteiger partial charge in [-0.05, 0) is 26.8 Å². The summed E-state index contributed by atoms with van der Waals surface area (Å²) in [6, 6.07) is 4.77. The molecule has 1 aromatic carbocycles. The number of rotatable bonds is 5. The Bertz CT molecular complexity index is 576. The summed E-state index contributed by atoms with van der Waals surface area (Å²) in [6.07, 6.45) is 0. The lowest BCUT2D eigenvalue weighted by Gasteiger charge is -2.15. The Hall–Kier alpha value is -1.88. The Balaban J connectivity index is 2.07. The first kappa shape index (κ1) is 14.5. The molecule has 0 bridgehead atoms. The van der Waals surface area contributed by atoms with Gasteiger partial charge >= 0.3 is 0 Å². The zero-order valence-corrected chi connectivity index (χ0v) is 12.2. The molecule has 0 saturated heterocycles. The van der Waals surface area contributed by atoms with Crippen molar-refractivity contribution >= 4 is 0 Å². The van der Waals surface area contributed by atoms with Crippen LogP contribution in [-0.2, 0) is 6.54 Å². The van der Waals surface area contributed by atoms with Gasteiger partial charge in [-0.3, -0.25) is 0 Å². The number of nitrogens with zero attached hydrogens (tertiary/aromatic N) is 1. The van der Waals surface area contributed by atoms with Gasteiger partial charge in [0, 0.05) is 29.8 Å². The van der Waals surface area contributed by atoms with Gasteiger partial charge in [0.1, 0.15) is 17.3 Å². The molecule has 2 rings (SSSR count). The molecule has 1 unspecified atom stereocenters. The van der Waals surface area contributed by atoms with Crippen LogP contribution in [-0.4, -0.2) is 12.3 Å². The Labute approximate surface area is 117 Å². The molecular formula is C15H19FN2O2. The molecule has 20 heavy (non-hydrogen) atoms. The van der Waals surface area contributed by atoms with Gasteiger partial charge < -0.3 is 14.6 Å². The lowest BCUT2D eigenvalue weighted by atomic mass is 10.1. The molecule has 0 amide bonds. The third-order valence-corrected chi connectivity index (χ3v) is 3.44. The minimum atomic E-state index is -0.275. The third-order valence-electron chi connectivity index (χ3n) is 3.44. The highest BCUT2D eigenvalue weighted by molar-refractivity contribution is 5.31. The molecule has 5 heteroatoms. The number of benzene rings is 1. The normalized spacial score (nSPS) is 12.4. The number of nitrogens with one attached hydrogen (secondary N) is 1. The van der Waals surface area contributed by atoms with E-state index in [1.165, 1.54) is 13.2 Å². The maximum atomic E-state index is 14.0. The highest BCUT2D eigenvalue weighted by atomic mass is 19.1. The van der Waals surface area contributed by atoms with Crippen molar-refractivity contribution in [3.63, 3.8) is 0 Å². The SMILES string of the molecule is COc1ccc(C(C)NCc2c(C)noc2C)c(F)c1. The molecular weight excluding hydrogens is 259 g/mol. The van der Waals surface area contributed by atoms with Crippen LogP contribution in [0.4, 0.5) is 4.39 Å². The van der Waals surface area contributed by atoms with Gasteiger partial charge in [0.15, 0.2) is 0 Å². The van der Waals surface area contributed by atoms with Gasteiger partial charge in [-0.15, -0.1) is 0 Å². The summed E-state index contributed by atoms with van der Waals surface area (Å²) in [7, 11) is 1.52. The summed E-state index contributed by atoms with van der Waals surface area (Å²) in [5.74, 6) is 1.03. The smallest absolute Gasteiger partial charge is 0.138 e. The van der Waals surface area contributed by atoms with Crippen LogP contribution in [0.1, 0.15) is 35.5 Å². The van der Waals surface area contributed by atoms with Crippen LogP contribution in [0, 0.1) is 19.7 Å².